The van der Waals surface area contributed by atoms with Gasteiger partial charge in [-0.3, -0.25) is 4.79 Å². The minimum Gasteiger partial charge on any atom is -0.285 e. The van der Waals surface area contributed by atoms with Crippen molar-refractivity contribution in [2.45, 2.75) is 26.2 Å². The third-order valence-electron chi connectivity index (χ3n) is 1.93. The summed E-state index contributed by atoms with van der Waals surface area (Å²) in [5.74, 6) is 5.52. The molecule has 1 aromatic rings. The van der Waals surface area contributed by atoms with Crippen LogP contribution >= 0.6 is 0 Å². The van der Waals surface area contributed by atoms with Crippen LogP contribution in [0.15, 0.2) is 30.3 Å². The fraction of sp³-hybridized carbons (Fsp3) is 0.308. The fourth-order valence-electron chi connectivity index (χ4n) is 1.10. The van der Waals surface area contributed by atoms with Crippen LogP contribution in [0.1, 0.15) is 25.3 Å². The van der Waals surface area contributed by atoms with Gasteiger partial charge in [-0.2, -0.15) is 0 Å². The van der Waals surface area contributed by atoms with E-state index >= 15 is 0 Å². The Labute approximate surface area is 85.1 Å². The first-order valence-corrected chi connectivity index (χ1v) is 4.88. The van der Waals surface area contributed by atoms with Crippen molar-refractivity contribution in [3.05, 3.63) is 35.9 Å². The zero-order valence-corrected chi connectivity index (χ0v) is 8.42. The highest BCUT2D eigenvalue weighted by atomic mass is 16.1. The number of hydrogen-bond acceptors (Lipinski definition) is 1. The SMILES string of the molecule is CCC(=O)C#CCCc1ccccc1. The van der Waals surface area contributed by atoms with Crippen LogP contribution in [-0.4, -0.2) is 5.78 Å². The summed E-state index contributed by atoms with van der Waals surface area (Å²) >= 11 is 0. The predicted octanol–water partition coefficient (Wildman–Crippen LogP) is 2.60. The Morgan fingerprint density at radius 1 is 1.29 bits per heavy atom. The van der Waals surface area contributed by atoms with Gasteiger partial charge < -0.3 is 0 Å². The second-order valence-corrected chi connectivity index (χ2v) is 3.06. The zero-order chi connectivity index (χ0) is 10.2. The maximum absolute atomic E-state index is 10.8. The van der Waals surface area contributed by atoms with Crippen LogP contribution in [0, 0.1) is 11.8 Å². The molecule has 0 atom stereocenters. The molecule has 0 heterocycles. The molecular weight excluding hydrogens is 172 g/mol. The van der Waals surface area contributed by atoms with E-state index in [0.717, 1.165) is 12.8 Å². The van der Waals surface area contributed by atoms with E-state index in [9.17, 15) is 4.79 Å². The van der Waals surface area contributed by atoms with Crippen LogP contribution in [0.25, 0.3) is 0 Å². The highest BCUT2D eigenvalue weighted by Crippen LogP contribution is 2.01. The first-order valence-electron chi connectivity index (χ1n) is 4.88. The third kappa shape index (κ3) is 3.91. The second kappa shape index (κ2) is 5.99. The van der Waals surface area contributed by atoms with Crippen LogP contribution in [0.2, 0.25) is 0 Å². The van der Waals surface area contributed by atoms with Gasteiger partial charge in [-0.05, 0) is 17.9 Å². The van der Waals surface area contributed by atoms with Gasteiger partial charge in [0.25, 0.3) is 0 Å². The van der Waals surface area contributed by atoms with E-state index in [2.05, 4.69) is 24.0 Å². The Kier molecular flexibility index (Phi) is 4.50. The molecule has 0 bridgehead atoms. The standard InChI is InChI=1S/C13H14O/c1-2-13(14)11-7-6-10-12-8-4-3-5-9-12/h3-5,8-9H,2,6,10H2,1H3. The normalized spacial score (nSPS) is 8.93. The first-order chi connectivity index (χ1) is 6.83. The molecule has 0 saturated carbocycles. The van der Waals surface area contributed by atoms with E-state index in [-0.39, 0.29) is 5.78 Å². The van der Waals surface area contributed by atoms with Crippen molar-refractivity contribution in [2.75, 3.05) is 0 Å². The van der Waals surface area contributed by atoms with Crippen LogP contribution in [-0.2, 0) is 11.2 Å². The van der Waals surface area contributed by atoms with Crippen molar-refractivity contribution in [1.29, 1.82) is 0 Å². The molecule has 0 fully saturated rings. The fourth-order valence-corrected chi connectivity index (χ4v) is 1.10. The molecule has 0 amide bonds. The summed E-state index contributed by atoms with van der Waals surface area (Å²) in [6.07, 6.45) is 2.19. The molecule has 1 rings (SSSR count). The third-order valence-corrected chi connectivity index (χ3v) is 1.93. The average molecular weight is 186 g/mol. The van der Waals surface area contributed by atoms with Crippen molar-refractivity contribution in [2.24, 2.45) is 0 Å². The summed E-state index contributed by atoms with van der Waals surface area (Å²) in [6, 6.07) is 10.2. The van der Waals surface area contributed by atoms with Crippen LogP contribution in [0.4, 0.5) is 0 Å². The number of benzene rings is 1. The Bertz CT molecular complexity index is 340. The molecule has 0 aliphatic carbocycles. The van der Waals surface area contributed by atoms with Crippen LogP contribution < -0.4 is 0 Å². The second-order valence-electron chi connectivity index (χ2n) is 3.06. The largest absolute Gasteiger partial charge is 0.285 e. The molecular formula is C13H14O. The molecule has 0 aliphatic rings. The lowest BCUT2D eigenvalue weighted by Gasteiger charge is -1.94. The van der Waals surface area contributed by atoms with Crippen LogP contribution in [0.5, 0.6) is 0 Å². The molecule has 0 radical (unpaired) electrons. The Hall–Kier alpha value is -1.55. The Morgan fingerprint density at radius 2 is 2.00 bits per heavy atom. The number of Topliss-reactive ketones (excluding diaryl/α,β-unsaturated/α-hetero) is 1. The van der Waals surface area contributed by atoms with Gasteiger partial charge >= 0.3 is 0 Å². The quantitative estimate of drug-likeness (QED) is 0.524. The van der Waals surface area contributed by atoms with Gasteiger partial charge in [-0.1, -0.05) is 43.2 Å². The topological polar surface area (TPSA) is 17.1 Å². The van der Waals surface area contributed by atoms with E-state index in [1.165, 1.54) is 5.56 Å². The molecule has 1 aromatic carbocycles. The molecule has 1 heteroatoms. The predicted molar refractivity (Wildman–Crippen MR) is 57.8 cm³/mol. The van der Waals surface area contributed by atoms with Crippen LogP contribution in [0.3, 0.4) is 0 Å². The van der Waals surface area contributed by atoms with Gasteiger partial charge in [0.1, 0.15) is 0 Å². The Morgan fingerprint density at radius 3 is 2.64 bits per heavy atom. The number of carbonyl (C=O) groups excluding carboxylic acids is 1. The van der Waals surface area contributed by atoms with Gasteiger partial charge in [0, 0.05) is 12.8 Å². The maximum Gasteiger partial charge on any atom is 0.205 e. The molecule has 0 spiro atoms. The lowest BCUT2D eigenvalue weighted by Crippen LogP contribution is -1.88. The molecule has 72 valence electrons. The highest BCUT2D eigenvalue weighted by molar-refractivity contribution is 5.95. The van der Waals surface area contributed by atoms with Crippen molar-refractivity contribution < 1.29 is 4.79 Å². The Balaban J connectivity index is 2.34. The van der Waals surface area contributed by atoms with E-state index in [0.29, 0.717) is 6.42 Å². The van der Waals surface area contributed by atoms with E-state index < -0.39 is 0 Å². The number of hydrogen-bond donors (Lipinski definition) is 0. The molecule has 0 N–H and O–H groups in total. The summed E-state index contributed by atoms with van der Waals surface area (Å²) in [5, 5.41) is 0. The van der Waals surface area contributed by atoms with E-state index in [1.807, 2.05) is 25.1 Å². The molecule has 0 aromatic heterocycles. The van der Waals surface area contributed by atoms with Crippen molar-refractivity contribution in [3.63, 3.8) is 0 Å². The average Bonchev–Trinajstić information content (AvgIpc) is 2.25. The van der Waals surface area contributed by atoms with Gasteiger partial charge in [0.2, 0.25) is 5.78 Å². The summed E-state index contributed by atoms with van der Waals surface area (Å²) in [6.45, 7) is 1.83. The zero-order valence-electron chi connectivity index (χ0n) is 8.42. The number of aryl methyl sites for hydroxylation is 1. The van der Waals surface area contributed by atoms with Gasteiger partial charge in [0.05, 0.1) is 0 Å². The van der Waals surface area contributed by atoms with Gasteiger partial charge in [-0.15, -0.1) is 0 Å². The van der Waals surface area contributed by atoms with Gasteiger partial charge in [0.15, 0.2) is 0 Å². The van der Waals surface area contributed by atoms with E-state index in [1.54, 1.807) is 0 Å². The number of rotatable bonds is 3. The molecule has 14 heavy (non-hydrogen) atoms. The van der Waals surface area contributed by atoms with Gasteiger partial charge in [-0.25, -0.2) is 0 Å². The first kappa shape index (κ1) is 10.5. The summed E-state index contributed by atoms with van der Waals surface area (Å²) in [4.78, 5) is 10.8. The lowest BCUT2D eigenvalue weighted by atomic mass is 10.1. The van der Waals surface area contributed by atoms with Crippen molar-refractivity contribution >= 4 is 5.78 Å². The lowest BCUT2D eigenvalue weighted by molar-refractivity contribution is -0.113. The maximum atomic E-state index is 10.8. The molecule has 0 saturated heterocycles. The highest BCUT2D eigenvalue weighted by Gasteiger charge is 1.89. The monoisotopic (exact) mass is 186 g/mol. The molecule has 0 unspecified atom stereocenters. The minimum absolute atomic E-state index is 0.0260. The summed E-state index contributed by atoms with van der Waals surface area (Å²) in [5.41, 5.74) is 1.27. The molecule has 1 nitrogen and oxygen atoms in total. The summed E-state index contributed by atoms with van der Waals surface area (Å²) < 4.78 is 0. The van der Waals surface area contributed by atoms with Crippen molar-refractivity contribution in [1.82, 2.24) is 0 Å². The molecule has 0 aliphatic heterocycles. The number of ketones is 1. The minimum atomic E-state index is 0.0260. The van der Waals surface area contributed by atoms with Crippen molar-refractivity contribution in [3.8, 4) is 11.8 Å². The number of carbonyl (C=O) groups is 1. The smallest absolute Gasteiger partial charge is 0.205 e. The van der Waals surface area contributed by atoms with E-state index in [4.69, 9.17) is 0 Å². The summed E-state index contributed by atoms with van der Waals surface area (Å²) in [7, 11) is 0.